The third kappa shape index (κ3) is 5.73. The van der Waals surface area contributed by atoms with Crippen molar-refractivity contribution in [1.29, 1.82) is 0 Å². The van der Waals surface area contributed by atoms with E-state index in [1.54, 1.807) is 12.1 Å². The molecule has 0 saturated carbocycles. The van der Waals surface area contributed by atoms with Gasteiger partial charge in [-0.1, -0.05) is 30.1 Å². The fourth-order valence-electron chi connectivity index (χ4n) is 1.76. The summed E-state index contributed by atoms with van der Waals surface area (Å²) in [6, 6.07) is 3.34. The first-order valence-corrected chi connectivity index (χ1v) is 7.66. The highest BCUT2D eigenvalue weighted by molar-refractivity contribution is 6.35. The maximum Gasteiger partial charge on any atom is 0.258 e. The molecular formula is C15H22Cl2N2O2. The van der Waals surface area contributed by atoms with Gasteiger partial charge >= 0.3 is 0 Å². The zero-order valence-corrected chi connectivity index (χ0v) is 14.1. The third-order valence-corrected chi connectivity index (χ3v) is 3.71. The number of hydrogen-bond acceptors (Lipinski definition) is 3. The van der Waals surface area contributed by atoms with Crippen LogP contribution in [-0.2, 0) is 11.2 Å². The second-order valence-corrected chi connectivity index (χ2v) is 6.33. The maximum atomic E-state index is 11.9. The van der Waals surface area contributed by atoms with Gasteiger partial charge in [-0.3, -0.25) is 4.79 Å². The van der Waals surface area contributed by atoms with E-state index in [2.05, 4.69) is 5.32 Å². The van der Waals surface area contributed by atoms with Crippen LogP contribution in [0.15, 0.2) is 12.1 Å². The standard InChI is InChI=1S/C15H22Cl2N2O2/c1-4-15(2,3)19-13(20)9-21-14-10(5-6-18)7-11(16)8-12(14)17/h7-8H,4-6,9,18H2,1-3H3,(H,19,20). The van der Waals surface area contributed by atoms with Gasteiger partial charge in [0.15, 0.2) is 6.61 Å². The summed E-state index contributed by atoms with van der Waals surface area (Å²) in [4.78, 5) is 11.9. The van der Waals surface area contributed by atoms with E-state index in [4.69, 9.17) is 33.7 Å². The highest BCUT2D eigenvalue weighted by Crippen LogP contribution is 2.32. The molecule has 0 unspecified atom stereocenters. The van der Waals surface area contributed by atoms with Crippen molar-refractivity contribution in [3.63, 3.8) is 0 Å². The van der Waals surface area contributed by atoms with E-state index in [0.717, 1.165) is 12.0 Å². The molecule has 0 heterocycles. The van der Waals surface area contributed by atoms with E-state index < -0.39 is 0 Å². The van der Waals surface area contributed by atoms with Gasteiger partial charge in [-0.05, 0) is 50.9 Å². The van der Waals surface area contributed by atoms with E-state index in [1.165, 1.54) is 0 Å². The molecule has 6 heteroatoms. The molecule has 0 atom stereocenters. The van der Waals surface area contributed by atoms with Crippen LogP contribution in [0.25, 0.3) is 0 Å². The van der Waals surface area contributed by atoms with Crippen molar-refractivity contribution < 1.29 is 9.53 Å². The number of nitrogens with one attached hydrogen (secondary N) is 1. The predicted octanol–water partition coefficient (Wildman–Crippen LogP) is 3.18. The largest absolute Gasteiger partial charge is 0.482 e. The molecular weight excluding hydrogens is 311 g/mol. The van der Waals surface area contributed by atoms with Gasteiger partial charge in [-0.2, -0.15) is 0 Å². The Labute approximate surface area is 135 Å². The number of carbonyl (C=O) groups is 1. The highest BCUT2D eigenvalue weighted by atomic mass is 35.5. The minimum Gasteiger partial charge on any atom is -0.482 e. The van der Waals surface area contributed by atoms with Crippen molar-refractivity contribution in [1.82, 2.24) is 5.32 Å². The minimum atomic E-state index is -0.260. The summed E-state index contributed by atoms with van der Waals surface area (Å²) in [5.41, 5.74) is 6.11. The summed E-state index contributed by atoms with van der Waals surface area (Å²) in [7, 11) is 0. The SMILES string of the molecule is CCC(C)(C)NC(=O)COc1c(Cl)cc(Cl)cc1CCN. The topological polar surface area (TPSA) is 64.3 Å². The van der Waals surface area contributed by atoms with Crippen molar-refractivity contribution in [2.24, 2.45) is 5.73 Å². The summed E-state index contributed by atoms with van der Waals surface area (Å²) in [6.07, 6.45) is 1.41. The average Bonchev–Trinajstić information content (AvgIpc) is 2.37. The van der Waals surface area contributed by atoms with E-state index in [9.17, 15) is 4.79 Å². The lowest BCUT2D eigenvalue weighted by molar-refractivity contribution is -0.124. The zero-order chi connectivity index (χ0) is 16.0. The van der Waals surface area contributed by atoms with Gasteiger partial charge in [-0.25, -0.2) is 0 Å². The van der Waals surface area contributed by atoms with Gasteiger partial charge in [0, 0.05) is 10.6 Å². The third-order valence-electron chi connectivity index (χ3n) is 3.21. The summed E-state index contributed by atoms with van der Waals surface area (Å²) in [5.74, 6) is 0.280. The molecule has 1 rings (SSSR count). The molecule has 0 aromatic heterocycles. The van der Waals surface area contributed by atoms with Crippen LogP contribution in [0.2, 0.25) is 10.0 Å². The second kappa shape index (κ2) is 7.87. The fraction of sp³-hybridized carbons (Fsp3) is 0.533. The van der Waals surface area contributed by atoms with Crippen molar-refractivity contribution in [2.45, 2.75) is 39.2 Å². The Morgan fingerprint density at radius 3 is 2.62 bits per heavy atom. The molecule has 0 fully saturated rings. The molecule has 0 bridgehead atoms. The number of hydrogen-bond donors (Lipinski definition) is 2. The maximum absolute atomic E-state index is 11.9. The average molecular weight is 333 g/mol. The number of amides is 1. The first-order chi connectivity index (χ1) is 9.79. The molecule has 1 amide bonds. The Kier molecular flexibility index (Phi) is 6.78. The van der Waals surface area contributed by atoms with Crippen LogP contribution in [0.3, 0.4) is 0 Å². The lowest BCUT2D eigenvalue weighted by Gasteiger charge is -2.24. The first-order valence-electron chi connectivity index (χ1n) is 6.91. The lowest BCUT2D eigenvalue weighted by atomic mass is 10.0. The van der Waals surface area contributed by atoms with Crippen LogP contribution < -0.4 is 15.8 Å². The fourth-order valence-corrected chi connectivity index (χ4v) is 2.35. The summed E-state index contributed by atoms with van der Waals surface area (Å²) >= 11 is 12.1. The van der Waals surface area contributed by atoms with E-state index in [-0.39, 0.29) is 18.1 Å². The van der Waals surface area contributed by atoms with Crippen LogP contribution in [0.5, 0.6) is 5.75 Å². The van der Waals surface area contributed by atoms with Crippen LogP contribution in [0, 0.1) is 0 Å². The molecule has 0 aliphatic carbocycles. The normalized spacial score (nSPS) is 11.3. The Balaban J connectivity index is 2.77. The van der Waals surface area contributed by atoms with E-state index in [0.29, 0.717) is 28.8 Å². The van der Waals surface area contributed by atoms with E-state index in [1.807, 2.05) is 20.8 Å². The molecule has 0 aliphatic heterocycles. The quantitative estimate of drug-likeness (QED) is 0.805. The Morgan fingerprint density at radius 1 is 1.38 bits per heavy atom. The van der Waals surface area contributed by atoms with E-state index >= 15 is 0 Å². The predicted molar refractivity (Wildman–Crippen MR) is 87.2 cm³/mol. The smallest absolute Gasteiger partial charge is 0.258 e. The number of benzene rings is 1. The lowest BCUT2D eigenvalue weighted by Crippen LogP contribution is -2.44. The monoisotopic (exact) mass is 332 g/mol. The summed E-state index contributed by atoms with van der Waals surface area (Å²) in [5, 5.41) is 3.80. The van der Waals surface area contributed by atoms with Crippen LogP contribution in [0.4, 0.5) is 0 Å². The van der Waals surface area contributed by atoms with Gasteiger partial charge in [0.05, 0.1) is 5.02 Å². The minimum absolute atomic E-state index is 0.0949. The Bertz CT molecular complexity index is 505. The van der Waals surface area contributed by atoms with Gasteiger partial charge < -0.3 is 15.8 Å². The second-order valence-electron chi connectivity index (χ2n) is 5.49. The number of nitrogens with two attached hydrogens (primary N) is 1. The molecule has 0 saturated heterocycles. The van der Waals surface area contributed by atoms with Gasteiger partial charge in [0.25, 0.3) is 5.91 Å². The molecule has 3 N–H and O–H groups in total. The summed E-state index contributed by atoms with van der Waals surface area (Å²) in [6.45, 7) is 6.28. The number of rotatable bonds is 7. The van der Waals surface area contributed by atoms with Gasteiger partial charge in [0.1, 0.15) is 5.75 Å². The van der Waals surface area contributed by atoms with Crippen molar-refractivity contribution in [3.05, 3.63) is 27.7 Å². The molecule has 118 valence electrons. The highest BCUT2D eigenvalue weighted by Gasteiger charge is 2.19. The molecule has 4 nitrogen and oxygen atoms in total. The first kappa shape index (κ1) is 18.1. The summed E-state index contributed by atoms with van der Waals surface area (Å²) < 4.78 is 5.57. The molecule has 0 radical (unpaired) electrons. The van der Waals surface area contributed by atoms with Crippen LogP contribution >= 0.6 is 23.2 Å². The van der Waals surface area contributed by atoms with Crippen molar-refractivity contribution in [2.75, 3.05) is 13.2 Å². The number of halogens is 2. The van der Waals surface area contributed by atoms with Crippen molar-refractivity contribution >= 4 is 29.1 Å². The Hall–Kier alpha value is -0.970. The Morgan fingerprint density at radius 2 is 2.05 bits per heavy atom. The molecule has 1 aromatic carbocycles. The van der Waals surface area contributed by atoms with Crippen molar-refractivity contribution in [3.8, 4) is 5.75 Å². The van der Waals surface area contributed by atoms with Crippen LogP contribution in [-0.4, -0.2) is 24.6 Å². The zero-order valence-electron chi connectivity index (χ0n) is 12.6. The molecule has 1 aromatic rings. The van der Waals surface area contributed by atoms with Gasteiger partial charge in [0.2, 0.25) is 0 Å². The molecule has 0 aliphatic rings. The van der Waals surface area contributed by atoms with Crippen LogP contribution in [0.1, 0.15) is 32.8 Å². The van der Waals surface area contributed by atoms with Gasteiger partial charge in [-0.15, -0.1) is 0 Å². The number of carbonyl (C=O) groups excluding carboxylic acids is 1. The molecule has 0 spiro atoms. The number of ether oxygens (including phenoxy) is 1. The molecule has 21 heavy (non-hydrogen) atoms.